The molecular formula is C19H23O3P. The largest absolute Gasteiger partial charge is 0.374 e. The van der Waals surface area contributed by atoms with Crippen LogP contribution in [0.15, 0.2) is 42.5 Å². The second kappa shape index (κ2) is 8.93. The Balaban J connectivity index is 1.71. The molecule has 0 aliphatic rings. The summed E-state index contributed by atoms with van der Waals surface area (Å²) in [6, 6.07) is 14.1. The zero-order chi connectivity index (χ0) is 16.7. The van der Waals surface area contributed by atoms with E-state index in [1.54, 1.807) is 0 Å². The molecule has 2 aromatic rings. The van der Waals surface area contributed by atoms with E-state index in [9.17, 15) is 4.79 Å². The van der Waals surface area contributed by atoms with E-state index in [0.717, 1.165) is 22.3 Å². The van der Waals surface area contributed by atoms with Crippen molar-refractivity contribution in [2.75, 3.05) is 13.2 Å². The van der Waals surface area contributed by atoms with Crippen LogP contribution in [0.25, 0.3) is 0 Å². The Hall–Kier alpha value is -1.54. The van der Waals surface area contributed by atoms with Crippen LogP contribution in [0.1, 0.15) is 32.6 Å². The SMILES string of the molecule is Cc1cc(C)c(C(=O)POCCOCc2ccccc2)c(C)c1. The molecule has 0 aliphatic heterocycles. The van der Waals surface area contributed by atoms with Crippen LogP contribution in [0.2, 0.25) is 0 Å². The molecule has 0 N–H and O–H groups in total. The second-order valence-corrected chi connectivity index (χ2v) is 6.54. The van der Waals surface area contributed by atoms with Gasteiger partial charge in [-0.15, -0.1) is 0 Å². The van der Waals surface area contributed by atoms with Gasteiger partial charge in [0.1, 0.15) is 0 Å². The molecule has 0 fully saturated rings. The van der Waals surface area contributed by atoms with Crippen molar-refractivity contribution in [2.24, 2.45) is 0 Å². The average molecular weight is 330 g/mol. The molecule has 0 spiro atoms. The zero-order valence-electron chi connectivity index (χ0n) is 13.9. The first-order valence-electron chi connectivity index (χ1n) is 7.69. The predicted molar refractivity (Wildman–Crippen MR) is 95.3 cm³/mol. The van der Waals surface area contributed by atoms with E-state index in [4.69, 9.17) is 9.26 Å². The summed E-state index contributed by atoms with van der Waals surface area (Å²) in [5.74, 6) is 0. The number of hydrogen-bond acceptors (Lipinski definition) is 3. The molecule has 1 atom stereocenters. The number of benzene rings is 2. The van der Waals surface area contributed by atoms with Gasteiger partial charge >= 0.3 is 0 Å². The van der Waals surface area contributed by atoms with Gasteiger partial charge in [-0.05, 0) is 37.5 Å². The van der Waals surface area contributed by atoms with Gasteiger partial charge in [0, 0.05) is 5.56 Å². The Morgan fingerprint density at radius 3 is 2.30 bits per heavy atom. The first-order chi connectivity index (χ1) is 11.1. The summed E-state index contributed by atoms with van der Waals surface area (Å²) in [6.45, 7) is 7.47. The number of rotatable bonds is 8. The normalized spacial score (nSPS) is 11.3. The summed E-state index contributed by atoms with van der Waals surface area (Å²) in [5.41, 5.74) is 5.20. The van der Waals surface area contributed by atoms with Crippen LogP contribution in [0.4, 0.5) is 0 Å². The molecule has 0 aromatic heterocycles. The van der Waals surface area contributed by atoms with Gasteiger partial charge in [0.2, 0.25) is 5.52 Å². The summed E-state index contributed by atoms with van der Waals surface area (Å²) >= 11 is 0. The molecule has 2 rings (SSSR count). The van der Waals surface area contributed by atoms with Crippen molar-refractivity contribution < 1.29 is 14.1 Å². The summed E-state index contributed by atoms with van der Waals surface area (Å²) in [7, 11) is -0.168. The molecule has 0 heterocycles. The van der Waals surface area contributed by atoms with Gasteiger partial charge in [-0.1, -0.05) is 48.0 Å². The van der Waals surface area contributed by atoms with Crippen LogP contribution in [0, 0.1) is 20.8 Å². The van der Waals surface area contributed by atoms with Crippen LogP contribution in [-0.4, -0.2) is 18.7 Å². The third kappa shape index (κ3) is 5.54. The molecular weight excluding hydrogens is 307 g/mol. The Morgan fingerprint density at radius 2 is 1.65 bits per heavy atom. The molecule has 0 amide bonds. The van der Waals surface area contributed by atoms with E-state index in [1.807, 2.05) is 63.2 Å². The number of hydrogen-bond donors (Lipinski definition) is 0. The van der Waals surface area contributed by atoms with E-state index in [-0.39, 0.29) is 14.3 Å². The van der Waals surface area contributed by atoms with Gasteiger partial charge in [-0.2, -0.15) is 0 Å². The third-order valence-corrected chi connectivity index (χ3v) is 4.29. The molecule has 0 saturated heterocycles. The molecule has 122 valence electrons. The van der Waals surface area contributed by atoms with E-state index in [2.05, 4.69) is 0 Å². The minimum Gasteiger partial charge on any atom is -0.374 e. The predicted octanol–water partition coefficient (Wildman–Crippen LogP) is 4.58. The molecule has 0 aliphatic carbocycles. The van der Waals surface area contributed by atoms with Crippen molar-refractivity contribution in [1.29, 1.82) is 0 Å². The highest BCUT2D eigenvalue weighted by atomic mass is 31.1. The molecule has 4 heteroatoms. The lowest BCUT2D eigenvalue weighted by atomic mass is 10.0. The summed E-state index contributed by atoms with van der Waals surface area (Å²) < 4.78 is 11.0. The highest BCUT2D eigenvalue weighted by Crippen LogP contribution is 2.26. The molecule has 3 nitrogen and oxygen atoms in total. The van der Waals surface area contributed by atoms with Crippen LogP contribution in [0.3, 0.4) is 0 Å². The maximum absolute atomic E-state index is 12.3. The summed E-state index contributed by atoms with van der Waals surface area (Å²) in [6.07, 6.45) is 0. The Bertz CT molecular complexity index is 630. The van der Waals surface area contributed by atoms with Crippen LogP contribution < -0.4 is 0 Å². The Labute approximate surface area is 139 Å². The molecule has 0 saturated carbocycles. The zero-order valence-corrected chi connectivity index (χ0v) is 14.9. The fourth-order valence-electron chi connectivity index (χ4n) is 2.57. The number of aryl methyl sites for hydroxylation is 3. The van der Waals surface area contributed by atoms with E-state index >= 15 is 0 Å². The monoisotopic (exact) mass is 330 g/mol. The highest BCUT2D eigenvalue weighted by molar-refractivity contribution is 7.54. The van der Waals surface area contributed by atoms with E-state index < -0.39 is 0 Å². The molecule has 23 heavy (non-hydrogen) atoms. The van der Waals surface area contributed by atoms with E-state index in [0.29, 0.717) is 19.8 Å². The van der Waals surface area contributed by atoms with Crippen molar-refractivity contribution in [3.8, 4) is 0 Å². The Morgan fingerprint density at radius 1 is 1.00 bits per heavy atom. The number of ether oxygens (including phenoxy) is 1. The minimum absolute atomic E-state index is 0.0584. The van der Waals surface area contributed by atoms with Crippen molar-refractivity contribution in [2.45, 2.75) is 27.4 Å². The van der Waals surface area contributed by atoms with Crippen molar-refractivity contribution in [3.63, 3.8) is 0 Å². The minimum atomic E-state index is -0.168. The van der Waals surface area contributed by atoms with Gasteiger partial charge < -0.3 is 9.26 Å². The molecule has 1 unspecified atom stereocenters. The number of carbonyl (C=O) groups excluding carboxylic acids is 1. The van der Waals surface area contributed by atoms with Crippen LogP contribution in [0.5, 0.6) is 0 Å². The first kappa shape index (κ1) is 17.8. The first-order valence-corrected chi connectivity index (χ1v) is 8.60. The second-order valence-electron chi connectivity index (χ2n) is 5.59. The number of carbonyl (C=O) groups is 1. The topological polar surface area (TPSA) is 35.5 Å². The maximum Gasteiger partial charge on any atom is 0.208 e. The smallest absolute Gasteiger partial charge is 0.208 e. The highest BCUT2D eigenvalue weighted by Gasteiger charge is 2.13. The lowest BCUT2D eigenvalue weighted by molar-refractivity contribution is 0.0913. The molecule has 2 aromatic carbocycles. The molecule has 0 radical (unpaired) electrons. The van der Waals surface area contributed by atoms with Crippen LogP contribution >= 0.6 is 8.81 Å². The van der Waals surface area contributed by atoms with Gasteiger partial charge in [0.25, 0.3) is 0 Å². The van der Waals surface area contributed by atoms with E-state index in [1.165, 1.54) is 5.56 Å². The third-order valence-electron chi connectivity index (χ3n) is 3.51. The van der Waals surface area contributed by atoms with Gasteiger partial charge in [-0.3, -0.25) is 4.79 Å². The van der Waals surface area contributed by atoms with Gasteiger partial charge in [0.15, 0.2) is 0 Å². The standard InChI is InChI=1S/C19H23O3P/c1-14-11-15(2)18(16(3)12-14)19(20)23-22-10-9-21-13-17-7-5-4-6-8-17/h4-8,11-12,23H,9-10,13H2,1-3H3. The van der Waals surface area contributed by atoms with Crippen LogP contribution in [-0.2, 0) is 15.9 Å². The fourth-order valence-corrected chi connectivity index (χ4v) is 3.38. The molecule has 0 bridgehead atoms. The Kier molecular flexibility index (Phi) is 6.91. The van der Waals surface area contributed by atoms with Gasteiger partial charge in [-0.25, -0.2) is 0 Å². The van der Waals surface area contributed by atoms with Crippen molar-refractivity contribution in [3.05, 3.63) is 70.3 Å². The summed E-state index contributed by atoms with van der Waals surface area (Å²) in [5, 5.41) is 0. The quantitative estimate of drug-likeness (QED) is 0.525. The van der Waals surface area contributed by atoms with Crippen molar-refractivity contribution in [1.82, 2.24) is 0 Å². The fraction of sp³-hybridized carbons (Fsp3) is 0.316. The lowest BCUT2D eigenvalue weighted by Gasteiger charge is -2.10. The summed E-state index contributed by atoms with van der Waals surface area (Å²) in [4.78, 5) is 12.3. The maximum atomic E-state index is 12.3. The lowest BCUT2D eigenvalue weighted by Crippen LogP contribution is -2.04. The van der Waals surface area contributed by atoms with Gasteiger partial charge in [0.05, 0.1) is 28.6 Å². The van der Waals surface area contributed by atoms with Crippen molar-refractivity contribution >= 4 is 14.3 Å². The average Bonchev–Trinajstić information content (AvgIpc) is 2.50.